The number of Topliss-reactive ketones (excluding diaryl/α,β-unsaturated/α-hetero) is 1. The first-order valence-corrected chi connectivity index (χ1v) is 6.70. The second kappa shape index (κ2) is 5.20. The van der Waals surface area contributed by atoms with Crippen molar-refractivity contribution < 1.29 is 9.18 Å². The first-order valence-electron chi connectivity index (χ1n) is 6.70. The van der Waals surface area contributed by atoms with Gasteiger partial charge < -0.3 is 0 Å². The number of hydrogen-bond donors (Lipinski definition) is 0. The molecule has 20 heavy (non-hydrogen) atoms. The van der Waals surface area contributed by atoms with Crippen molar-refractivity contribution in [3.63, 3.8) is 0 Å². The third-order valence-electron chi connectivity index (χ3n) is 3.76. The number of rotatable bonds is 3. The van der Waals surface area contributed by atoms with Gasteiger partial charge >= 0.3 is 0 Å². The Kier molecular flexibility index (Phi) is 3.76. The molecule has 0 aliphatic carbocycles. The first kappa shape index (κ1) is 14.4. The molecule has 0 aliphatic heterocycles. The molecule has 0 aliphatic rings. The number of aryl methyl sites for hydroxylation is 2. The molecule has 0 N–H and O–H groups in total. The summed E-state index contributed by atoms with van der Waals surface area (Å²) in [6.07, 6.45) is 0. The Morgan fingerprint density at radius 1 is 1.00 bits per heavy atom. The second-order valence-electron chi connectivity index (χ2n) is 5.78. The molecule has 0 aromatic heterocycles. The quantitative estimate of drug-likeness (QED) is 0.745. The molecule has 0 atom stereocenters. The van der Waals surface area contributed by atoms with Gasteiger partial charge in [-0.1, -0.05) is 35.9 Å². The summed E-state index contributed by atoms with van der Waals surface area (Å²) in [7, 11) is 0. The van der Waals surface area contributed by atoms with Crippen molar-refractivity contribution in [2.45, 2.75) is 33.1 Å². The molecular weight excluding hydrogens is 251 g/mol. The number of halogens is 1. The summed E-state index contributed by atoms with van der Waals surface area (Å²) in [6, 6.07) is 12.0. The fraction of sp³-hybridized carbons (Fsp3) is 0.278. The third kappa shape index (κ3) is 2.64. The number of carbonyl (C=O) groups is 1. The molecule has 0 fully saturated rings. The molecule has 0 bridgehead atoms. The van der Waals surface area contributed by atoms with Gasteiger partial charge in [0.2, 0.25) is 0 Å². The lowest BCUT2D eigenvalue weighted by Gasteiger charge is -2.24. The highest BCUT2D eigenvalue weighted by atomic mass is 19.1. The van der Waals surface area contributed by atoms with Gasteiger partial charge in [0.15, 0.2) is 5.78 Å². The summed E-state index contributed by atoms with van der Waals surface area (Å²) in [5.74, 6) is -0.231. The first-order chi connectivity index (χ1) is 9.32. The zero-order chi connectivity index (χ0) is 14.9. The molecule has 2 aromatic carbocycles. The van der Waals surface area contributed by atoms with Gasteiger partial charge in [-0.2, -0.15) is 0 Å². The maximum atomic E-state index is 13.0. The van der Waals surface area contributed by atoms with E-state index in [1.807, 2.05) is 45.9 Å². The van der Waals surface area contributed by atoms with Gasteiger partial charge in [0.25, 0.3) is 0 Å². The van der Waals surface area contributed by atoms with E-state index in [9.17, 15) is 9.18 Å². The van der Waals surface area contributed by atoms with E-state index in [1.54, 1.807) is 12.1 Å². The van der Waals surface area contributed by atoms with E-state index in [4.69, 9.17) is 0 Å². The highest BCUT2D eigenvalue weighted by molar-refractivity contribution is 6.04. The van der Waals surface area contributed by atoms with Crippen molar-refractivity contribution in [1.29, 1.82) is 0 Å². The van der Waals surface area contributed by atoms with Gasteiger partial charge in [0.1, 0.15) is 5.82 Å². The van der Waals surface area contributed by atoms with E-state index in [1.165, 1.54) is 12.1 Å². The summed E-state index contributed by atoms with van der Waals surface area (Å²) < 4.78 is 13.0. The molecular formula is C18H19FO. The number of carbonyl (C=O) groups excluding carboxylic acids is 1. The highest BCUT2D eigenvalue weighted by Gasteiger charge is 2.31. The van der Waals surface area contributed by atoms with Gasteiger partial charge in [-0.3, -0.25) is 4.79 Å². The van der Waals surface area contributed by atoms with Crippen LogP contribution < -0.4 is 0 Å². The molecule has 0 spiro atoms. The minimum atomic E-state index is -0.673. The Hall–Kier alpha value is -1.96. The van der Waals surface area contributed by atoms with Crippen LogP contribution in [-0.2, 0) is 5.41 Å². The maximum absolute atomic E-state index is 13.0. The number of ketones is 1. The fourth-order valence-corrected chi connectivity index (χ4v) is 2.40. The van der Waals surface area contributed by atoms with Crippen molar-refractivity contribution in [3.05, 3.63) is 70.5 Å². The largest absolute Gasteiger partial charge is 0.293 e. The highest BCUT2D eigenvalue weighted by Crippen LogP contribution is 2.29. The smallest absolute Gasteiger partial charge is 0.173 e. The van der Waals surface area contributed by atoms with Crippen LogP contribution in [0.5, 0.6) is 0 Å². The topological polar surface area (TPSA) is 17.1 Å². The Balaban J connectivity index is 2.42. The average molecular weight is 270 g/mol. The van der Waals surface area contributed by atoms with Crippen molar-refractivity contribution in [1.82, 2.24) is 0 Å². The molecule has 0 saturated carbocycles. The molecule has 1 nitrogen and oxygen atoms in total. The lowest BCUT2D eigenvalue weighted by atomic mass is 9.77. The average Bonchev–Trinajstić information content (AvgIpc) is 2.38. The van der Waals surface area contributed by atoms with E-state index in [0.29, 0.717) is 0 Å². The van der Waals surface area contributed by atoms with Gasteiger partial charge in [0, 0.05) is 5.56 Å². The number of benzene rings is 2. The molecule has 0 amide bonds. The summed E-state index contributed by atoms with van der Waals surface area (Å²) in [6.45, 7) is 7.71. The van der Waals surface area contributed by atoms with E-state index in [-0.39, 0.29) is 11.6 Å². The Morgan fingerprint density at radius 3 is 2.15 bits per heavy atom. The predicted octanol–water partition coefficient (Wildman–Crippen LogP) is 4.60. The normalized spacial score (nSPS) is 11.4. The number of hydrogen-bond acceptors (Lipinski definition) is 1. The summed E-state index contributed by atoms with van der Waals surface area (Å²) in [4.78, 5) is 12.8. The van der Waals surface area contributed by atoms with Crippen molar-refractivity contribution in [2.24, 2.45) is 0 Å². The molecule has 0 saturated heterocycles. The molecule has 0 heterocycles. The van der Waals surface area contributed by atoms with E-state index >= 15 is 0 Å². The van der Waals surface area contributed by atoms with Gasteiger partial charge in [-0.25, -0.2) is 4.39 Å². The monoisotopic (exact) mass is 270 g/mol. The maximum Gasteiger partial charge on any atom is 0.173 e. The van der Waals surface area contributed by atoms with Crippen LogP contribution in [0.1, 0.15) is 40.9 Å². The second-order valence-corrected chi connectivity index (χ2v) is 5.78. The lowest BCUT2D eigenvalue weighted by molar-refractivity contribution is 0.0908. The molecule has 104 valence electrons. The Labute approximate surface area is 119 Å². The Bertz CT molecular complexity index is 639. The summed E-state index contributed by atoms with van der Waals surface area (Å²) in [5.41, 5.74) is 2.99. The van der Waals surface area contributed by atoms with Crippen molar-refractivity contribution in [2.75, 3.05) is 0 Å². The molecule has 0 radical (unpaired) electrons. The van der Waals surface area contributed by atoms with Crippen molar-refractivity contribution in [3.8, 4) is 0 Å². The van der Waals surface area contributed by atoms with Gasteiger partial charge in [0.05, 0.1) is 5.41 Å². The minimum Gasteiger partial charge on any atom is -0.293 e. The molecule has 2 aromatic rings. The van der Waals surface area contributed by atoms with Crippen LogP contribution in [0.3, 0.4) is 0 Å². The van der Waals surface area contributed by atoms with Crippen LogP contribution in [0.2, 0.25) is 0 Å². The van der Waals surface area contributed by atoms with Crippen LogP contribution >= 0.6 is 0 Å². The summed E-state index contributed by atoms with van der Waals surface area (Å²) >= 11 is 0. The van der Waals surface area contributed by atoms with E-state index in [2.05, 4.69) is 0 Å². The van der Waals surface area contributed by atoms with Crippen LogP contribution in [-0.4, -0.2) is 5.78 Å². The SMILES string of the molecule is Cc1ccc(C(=O)C(C)(C)c2ccc(F)cc2)c(C)c1. The molecule has 2 rings (SSSR count). The van der Waals surface area contributed by atoms with E-state index < -0.39 is 5.41 Å². The van der Waals surface area contributed by atoms with Crippen LogP contribution in [0, 0.1) is 19.7 Å². The zero-order valence-electron chi connectivity index (χ0n) is 12.3. The Morgan fingerprint density at radius 2 is 1.60 bits per heavy atom. The van der Waals surface area contributed by atoms with Gasteiger partial charge in [-0.05, 0) is 51.0 Å². The summed E-state index contributed by atoms with van der Waals surface area (Å²) in [5, 5.41) is 0. The standard InChI is InChI=1S/C18H19FO/c1-12-5-10-16(13(2)11-12)17(20)18(3,4)14-6-8-15(19)9-7-14/h5-11H,1-4H3. The predicted molar refractivity (Wildman–Crippen MR) is 79.7 cm³/mol. The van der Waals surface area contributed by atoms with Crippen LogP contribution in [0.15, 0.2) is 42.5 Å². The third-order valence-corrected chi connectivity index (χ3v) is 3.76. The fourth-order valence-electron chi connectivity index (χ4n) is 2.40. The van der Waals surface area contributed by atoms with Gasteiger partial charge in [-0.15, -0.1) is 0 Å². The van der Waals surface area contributed by atoms with E-state index in [0.717, 1.165) is 22.3 Å². The lowest BCUT2D eigenvalue weighted by Crippen LogP contribution is -2.29. The zero-order valence-corrected chi connectivity index (χ0v) is 12.3. The minimum absolute atomic E-state index is 0.0570. The molecule has 2 heteroatoms. The van der Waals surface area contributed by atoms with Crippen molar-refractivity contribution >= 4 is 5.78 Å². The van der Waals surface area contributed by atoms with Crippen LogP contribution in [0.25, 0.3) is 0 Å². The van der Waals surface area contributed by atoms with Crippen LogP contribution in [0.4, 0.5) is 4.39 Å². The molecule has 0 unspecified atom stereocenters.